The second-order valence-corrected chi connectivity index (χ2v) is 7.29. The number of aliphatic imine (C=N–C) groups is 1. The number of guanidine groups is 1. The van der Waals surface area contributed by atoms with Crippen LogP contribution in [0.5, 0.6) is 0 Å². The standard InChI is InChI=1S/C17H22ClN5S/c1-10-12(4-3-5-13(10)18)14-8-16(23-17(19)22-14)20-7-6-15-11(2)21-9-24-15/h3-5,8,14,20-21H,6-7,9H2,1-2H3,(H3,19,22,23). The summed E-state index contributed by atoms with van der Waals surface area (Å²) in [5.41, 5.74) is 9.34. The van der Waals surface area contributed by atoms with Crippen molar-refractivity contribution in [3.8, 4) is 0 Å². The van der Waals surface area contributed by atoms with Crippen LogP contribution < -0.4 is 21.7 Å². The summed E-state index contributed by atoms with van der Waals surface area (Å²) in [5, 5.41) is 10.6. The minimum absolute atomic E-state index is 0.129. The van der Waals surface area contributed by atoms with Gasteiger partial charge in [0.1, 0.15) is 11.9 Å². The van der Waals surface area contributed by atoms with Gasteiger partial charge in [-0.05, 0) is 43.5 Å². The predicted molar refractivity (Wildman–Crippen MR) is 103 cm³/mol. The highest BCUT2D eigenvalue weighted by Crippen LogP contribution is 2.29. The zero-order valence-corrected chi connectivity index (χ0v) is 15.4. The van der Waals surface area contributed by atoms with Crippen LogP contribution in [-0.2, 0) is 0 Å². The van der Waals surface area contributed by atoms with Crippen molar-refractivity contribution in [1.29, 1.82) is 0 Å². The van der Waals surface area contributed by atoms with Gasteiger partial charge in [0, 0.05) is 22.2 Å². The Balaban J connectivity index is 1.69. The summed E-state index contributed by atoms with van der Waals surface area (Å²) < 4.78 is 0. The van der Waals surface area contributed by atoms with Crippen molar-refractivity contribution < 1.29 is 0 Å². The minimum Gasteiger partial charge on any atom is -0.379 e. The van der Waals surface area contributed by atoms with E-state index in [9.17, 15) is 0 Å². The molecule has 1 unspecified atom stereocenters. The van der Waals surface area contributed by atoms with Crippen molar-refractivity contribution in [2.24, 2.45) is 10.7 Å². The maximum atomic E-state index is 6.23. The van der Waals surface area contributed by atoms with E-state index in [0.29, 0.717) is 5.96 Å². The lowest BCUT2D eigenvalue weighted by atomic mass is 10.0. The number of halogens is 1. The van der Waals surface area contributed by atoms with Gasteiger partial charge in [-0.2, -0.15) is 0 Å². The molecule has 5 nitrogen and oxygen atoms in total. The molecule has 1 aromatic rings. The number of hydrogen-bond donors (Lipinski definition) is 4. The van der Waals surface area contributed by atoms with Gasteiger partial charge in [0.15, 0.2) is 5.96 Å². The quantitative estimate of drug-likeness (QED) is 0.647. The Labute approximate surface area is 151 Å². The van der Waals surface area contributed by atoms with E-state index in [1.807, 2.05) is 36.9 Å². The van der Waals surface area contributed by atoms with E-state index in [2.05, 4.69) is 33.9 Å². The summed E-state index contributed by atoms with van der Waals surface area (Å²) in [7, 11) is 0. The highest BCUT2D eigenvalue weighted by Gasteiger charge is 2.18. The van der Waals surface area contributed by atoms with E-state index in [1.165, 1.54) is 10.6 Å². The SMILES string of the molecule is CC1=C(CCNC2=CC(c3cccc(Cl)c3C)N=C(N)N2)SCN1. The van der Waals surface area contributed by atoms with Gasteiger partial charge < -0.3 is 21.7 Å². The van der Waals surface area contributed by atoms with Crippen LogP contribution in [0.2, 0.25) is 5.02 Å². The number of nitrogens with two attached hydrogens (primary N) is 1. The van der Waals surface area contributed by atoms with Crippen LogP contribution in [0.1, 0.15) is 30.5 Å². The van der Waals surface area contributed by atoms with Crippen molar-refractivity contribution in [3.63, 3.8) is 0 Å². The number of thioether (sulfide) groups is 1. The molecule has 2 aliphatic heterocycles. The maximum Gasteiger partial charge on any atom is 0.195 e. The zero-order chi connectivity index (χ0) is 17.1. The van der Waals surface area contributed by atoms with Crippen molar-refractivity contribution in [2.75, 3.05) is 12.4 Å². The Morgan fingerprint density at radius 2 is 2.25 bits per heavy atom. The first-order valence-corrected chi connectivity index (χ1v) is 9.28. The molecule has 1 aromatic carbocycles. The molecule has 0 bridgehead atoms. The smallest absolute Gasteiger partial charge is 0.195 e. The lowest BCUT2D eigenvalue weighted by molar-refractivity contribution is 0.714. The van der Waals surface area contributed by atoms with Crippen LogP contribution in [0.3, 0.4) is 0 Å². The Morgan fingerprint density at radius 3 is 3.00 bits per heavy atom. The maximum absolute atomic E-state index is 6.23. The van der Waals surface area contributed by atoms with Gasteiger partial charge in [-0.1, -0.05) is 23.7 Å². The third kappa shape index (κ3) is 3.82. The van der Waals surface area contributed by atoms with E-state index in [4.69, 9.17) is 17.3 Å². The summed E-state index contributed by atoms with van der Waals surface area (Å²) in [6, 6.07) is 5.74. The van der Waals surface area contributed by atoms with Crippen molar-refractivity contribution in [2.45, 2.75) is 26.3 Å². The summed E-state index contributed by atoms with van der Waals surface area (Å²) in [5.74, 6) is 2.27. The molecule has 0 aromatic heterocycles. The average Bonchev–Trinajstić information content (AvgIpc) is 2.95. The van der Waals surface area contributed by atoms with Crippen LogP contribution in [0, 0.1) is 6.92 Å². The van der Waals surface area contributed by atoms with E-state index in [-0.39, 0.29) is 6.04 Å². The van der Waals surface area contributed by atoms with Crippen molar-refractivity contribution in [1.82, 2.24) is 16.0 Å². The van der Waals surface area contributed by atoms with Crippen molar-refractivity contribution >= 4 is 29.3 Å². The van der Waals surface area contributed by atoms with Gasteiger partial charge in [-0.25, -0.2) is 4.99 Å². The Morgan fingerprint density at radius 1 is 1.42 bits per heavy atom. The summed E-state index contributed by atoms with van der Waals surface area (Å²) in [4.78, 5) is 5.89. The highest BCUT2D eigenvalue weighted by atomic mass is 35.5. The van der Waals surface area contributed by atoms with E-state index in [1.54, 1.807) is 0 Å². The molecule has 128 valence electrons. The summed E-state index contributed by atoms with van der Waals surface area (Å²) in [6.45, 7) is 4.97. The molecule has 5 N–H and O–H groups in total. The monoisotopic (exact) mass is 363 g/mol. The van der Waals surface area contributed by atoms with E-state index >= 15 is 0 Å². The highest BCUT2D eigenvalue weighted by molar-refractivity contribution is 8.03. The fourth-order valence-electron chi connectivity index (χ4n) is 2.77. The molecule has 24 heavy (non-hydrogen) atoms. The number of nitrogens with zero attached hydrogens (tertiary/aromatic N) is 1. The zero-order valence-electron chi connectivity index (χ0n) is 13.8. The first kappa shape index (κ1) is 17.0. The minimum atomic E-state index is -0.129. The topological polar surface area (TPSA) is 74.5 Å². The first-order valence-electron chi connectivity index (χ1n) is 7.92. The largest absolute Gasteiger partial charge is 0.379 e. The predicted octanol–water partition coefficient (Wildman–Crippen LogP) is 2.95. The van der Waals surface area contributed by atoms with E-state index in [0.717, 1.165) is 40.8 Å². The van der Waals surface area contributed by atoms with Crippen LogP contribution in [0.4, 0.5) is 0 Å². The molecule has 0 saturated heterocycles. The van der Waals surface area contributed by atoms with Crippen LogP contribution in [-0.4, -0.2) is 18.4 Å². The third-order valence-electron chi connectivity index (χ3n) is 4.16. The van der Waals surface area contributed by atoms with Gasteiger partial charge in [-0.3, -0.25) is 0 Å². The van der Waals surface area contributed by atoms with Crippen LogP contribution in [0.25, 0.3) is 0 Å². The van der Waals surface area contributed by atoms with Gasteiger partial charge in [0.05, 0.1) is 5.88 Å². The van der Waals surface area contributed by atoms with Crippen LogP contribution in [0.15, 0.2) is 45.7 Å². The molecule has 0 aliphatic carbocycles. The number of benzene rings is 1. The third-order valence-corrected chi connectivity index (χ3v) is 5.72. The molecule has 3 rings (SSSR count). The Kier molecular flexibility index (Phi) is 5.26. The number of rotatable bonds is 5. The molecule has 0 spiro atoms. The average molecular weight is 364 g/mol. The molecule has 0 fully saturated rings. The Hall–Kier alpha value is -1.79. The van der Waals surface area contributed by atoms with Gasteiger partial charge in [0.2, 0.25) is 0 Å². The Bertz CT molecular complexity index is 726. The second-order valence-electron chi connectivity index (χ2n) is 5.81. The molecular weight excluding hydrogens is 342 g/mol. The lowest BCUT2D eigenvalue weighted by Gasteiger charge is -2.22. The molecule has 0 amide bonds. The second kappa shape index (κ2) is 7.40. The molecule has 2 heterocycles. The first-order chi connectivity index (χ1) is 11.5. The molecule has 2 aliphatic rings. The number of allylic oxidation sites excluding steroid dienone is 1. The molecule has 0 saturated carbocycles. The molecule has 1 atom stereocenters. The summed E-state index contributed by atoms with van der Waals surface area (Å²) >= 11 is 8.09. The van der Waals surface area contributed by atoms with Gasteiger partial charge in [0.25, 0.3) is 0 Å². The fraction of sp³-hybridized carbons (Fsp3) is 0.353. The number of nitrogens with one attached hydrogen (secondary N) is 3. The van der Waals surface area contributed by atoms with Crippen LogP contribution >= 0.6 is 23.4 Å². The van der Waals surface area contributed by atoms with Gasteiger partial charge in [-0.15, -0.1) is 11.8 Å². The van der Waals surface area contributed by atoms with E-state index < -0.39 is 0 Å². The normalized spacial score (nSPS) is 20.2. The molecule has 7 heteroatoms. The van der Waals surface area contributed by atoms with Crippen molar-refractivity contribution in [3.05, 3.63) is 56.8 Å². The molecule has 0 radical (unpaired) electrons. The molecular formula is C17H22ClN5S. The fourth-order valence-corrected chi connectivity index (χ4v) is 3.95. The summed E-state index contributed by atoms with van der Waals surface area (Å²) in [6.07, 6.45) is 3.04. The lowest BCUT2D eigenvalue weighted by Crippen LogP contribution is -2.40. The number of hydrogen-bond acceptors (Lipinski definition) is 6. The van der Waals surface area contributed by atoms with Gasteiger partial charge >= 0.3 is 0 Å².